The highest BCUT2D eigenvalue weighted by molar-refractivity contribution is 5.84. The molecule has 0 fully saturated rings. The van der Waals surface area contributed by atoms with Gasteiger partial charge in [0.05, 0.1) is 0 Å². The van der Waals surface area contributed by atoms with Crippen LogP contribution in [0.4, 0.5) is 0 Å². The number of nitrogens with one attached hydrogen (secondary N) is 2. The predicted octanol–water partition coefficient (Wildman–Crippen LogP) is 0.809. The summed E-state index contributed by atoms with van der Waals surface area (Å²) in [6.07, 6.45) is 1.85. The maximum absolute atomic E-state index is 11.5. The van der Waals surface area contributed by atoms with Crippen LogP contribution >= 0.6 is 0 Å². The Morgan fingerprint density at radius 3 is 2.71 bits per heavy atom. The van der Waals surface area contributed by atoms with Crippen LogP contribution in [0.1, 0.15) is 6.92 Å². The molecule has 2 aromatic rings. The molecule has 0 atom stereocenters. The highest BCUT2D eigenvalue weighted by atomic mass is 16.2. The normalized spacial score (nSPS) is 10.2. The van der Waals surface area contributed by atoms with Crippen LogP contribution in [-0.2, 0) is 16.1 Å². The first-order valence-electron chi connectivity index (χ1n) is 5.26. The highest BCUT2D eigenvalue weighted by Gasteiger charge is 2.05. The lowest BCUT2D eigenvalue weighted by Gasteiger charge is -2.07. The Morgan fingerprint density at radius 1 is 1.18 bits per heavy atom. The van der Waals surface area contributed by atoms with E-state index in [0.717, 1.165) is 10.9 Å². The van der Waals surface area contributed by atoms with Crippen molar-refractivity contribution in [1.82, 2.24) is 15.4 Å². The van der Waals surface area contributed by atoms with Crippen LogP contribution in [0.25, 0.3) is 10.9 Å². The van der Waals surface area contributed by atoms with E-state index >= 15 is 0 Å². The van der Waals surface area contributed by atoms with Gasteiger partial charge in [0.1, 0.15) is 6.54 Å². The average molecular weight is 231 g/mol. The third-order valence-electron chi connectivity index (χ3n) is 2.37. The number of amides is 2. The first kappa shape index (κ1) is 11.2. The average Bonchev–Trinajstić information content (AvgIpc) is 2.70. The number of hydrogen-bond acceptors (Lipinski definition) is 2. The number of rotatable bonds is 2. The maximum atomic E-state index is 11.5. The third-order valence-corrected chi connectivity index (χ3v) is 2.37. The number of para-hydroxylation sites is 1. The number of hydrazine groups is 1. The van der Waals surface area contributed by atoms with Gasteiger partial charge in [-0.05, 0) is 17.5 Å². The summed E-state index contributed by atoms with van der Waals surface area (Å²) in [4.78, 5) is 22.1. The van der Waals surface area contributed by atoms with Crippen LogP contribution in [0, 0.1) is 0 Å². The van der Waals surface area contributed by atoms with Crippen molar-refractivity contribution in [3.8, 4) is 0 Å². The van der Waals surface area contributed by atoms with Crippen molar-refractivity contribution in [2.75, 3.05) is 0 Å². The molecular formula is C12H13N3O2. The van der Waals surface area contributed by atoms with Gasteiger partial charge in [0.25, 0.3) is 5.91 Å². The Kier molecular flexibility index (Phi) is 3.09. The van der Waals surface area contributed by atoms with E-state index < -0.39 is 0 Å². The monoisotopic (exact) mass is 231 g/mol. The van der Waals surface area contributed by atoms with Gasteiger partial charge in [-0.1, -0.05) is 18.2 Å². The summed E-state index contributed by atoms with van der Waals surface area (Å²) in [5, 5.41) is 1.08. The van der Waals surface area contributed by atoms with Crippen LogP contribution in [0.2, 0.25) is 0 Å². The van der Waals surface area contributed by atoms with E-state index in [1.165, 1.54) is 6.92 Å². The standard InChI is InChI=1S/C12H13N3O2/c1-9(16)13-14-12(17)8-15-7-6-10-4-2-3-5-11(10)15/h2-7H,8H2,1H3,(H,13,16)(H,14,17). The molecule has 0 unspecified atom stereocenters. The summed E-state index contributed by atoms with van der Waals surface area (Å²) in [6.45, 7) is 1.51. The summed E-state index contributed by atoms with van der Waals surface area (Å²) < 4.78 is 1.83. The van der Waals surface area contributed by atoms with Crippen molar-refractivity contribution >= 4 is 22.7 Å². The summed E-state index contributed by atoms with van der Waals surface area (Å²) in [6, 6.07) is 9.74. The van der Waals surface area contributed by atoms with E-state index in [-0.39, 0.29) is 18.4 Å². The van der Waals surface area contributed by atoms with Gasteiger partial charge in [-0.15, -0.1) is 0 Å². The molecular weight excluding hydrogens is 218 g/mol. The number of hydrogen-bond donors (Lipinski definition) is 2. The van der Waals surface area contributed by atoms with Crippen LogP contribution < -0.4 is 10.9 Å². The Labute approximate surface area is 98.4 Å². The Bertz CT molecular complexity index is 560. The fourth-order valence-corrected chi connectivity index (χ4v) is 1.63. The summed E-state index contributed by atoms with van der Waals surface area (Å²) in [5.74, 6) is -0.558. The molecule has 88 valence electrons. The lowest BCUT2D eigenvalue weighted by molar-refractivity contribution is -0.128. The van der Waals surface area contributed by atoms with E-state index in [2.05, 4.69) is 10.9 Å². The van der Waals surface area contributed by atoms with Crippen LogP contribution in [0.5, 0.6) is 0 Å². The zero-order chi connectivity index (χ0) is 12.3. The molecule has 1 heterocycles. The maximum Gasteiger partial charge on any atom is 0.258 e. The van der Waals surface area contributed by atoms with Crippen LogP contribution in [0.3, 0.4) is 0 Å². The summed E-state index contributed by atoms with van der Waals surface area (Å²) >= 11 is 0. The van der Waals surface area contributed by atoms with Crippen molar-refractivity contribution in [3.63, 3.8) is 0 Å². The molecule has 0 saturated carbocycles. The fraction of sp³-hybridized carbons (Fsp3) is 0.167. The smallest absolute Gasteiger partial charge is 0.258 e. The number of nitrogens with zero attached hydrogens (tertiary/aromatic N) is 1. The van der Waals surface area contributed by atoms with Crippen LogP contribution in [0.15, 0.2) is 36.5 Å². The molecule has 17 heavy (non-hydrogen) atoms. The van der Waals surface area contributed by atoms with Gasteiger partial charge in [0.2, 0.25) is 5.91 Å². The Balaban J connectivity index is 2.08. The number of benzene rings is 1. The lowest BCUT2D eigenvalue weighted by Crippen LogP contribution is -2.41. The fourth-order valence-electron chi connectivity index (χ4n) is 1.63. The minimum absolute atomic E-state index is 0.174. The van der Waals surface area contributed by atoms with Gasteiger partial charge in [-0.3, -0.25) is 20.4 Å². The van der Waals surface area contributed by atoms with Gasteiger partial charge >= 0.3 is 0 Å². The molecule has 0 saturated heterocycles. The van der Waals surface area contributed by atoms with Crippen molar-refractivity contribution in [2.24, 2.45) is 0 Å². The van der Waals surface area contributed by atoms with E-state index in [4.69, 9.17) is 0 Å². The topological polar surface area (TPSA) is 63.1 Å². The molecule has 1 aromatic carbocycles. The second-order valence-corrected chi connectivity index (χ2v) is 3.73. The molecule has 0 spiro atoms. The van der Waals surface area contributed by atoms with E-state index in [9.17, 15) is 9.59 Å². The molecule has 0 aliphatic rings. The lowest BCUT2D eigenvalue weighted by atomic mass is 10.2. The highest BCUT2D eigenvalue weighted by Crippen LogP contribution is 2.14. The number of aromatic nitrogens is 1. The second-order valence-electron chi connectivity index (χ2n) is 3.73. The van der Waals surface area contributed by atoms with E-state index in [1.54, 1.807) is 0 Å². The quantitative estimate of drug-likeness (QED) is 0.751. The molecule has 0 aliphatic heterocycles. The first-order valence-corrected chi connectivity index (χ1v) is 5.26. The molecule has 2 rings (SSSR count). The SMILES string of the molecule is CC(=O)NNC(=O)Cn1ccc2ccccc21. The minimum Gasteiger partial charge on any atom is -0.338 e. The first-order chi connectivity index (χ1) is 8.16. The number of carbonyl (C=O) groups excluding carboxylic acids is 2. The van der Waals surface area contributed by atoms with Crippen molar-refractivity contribution in [2.45, 2.75) is 13.5 Å². The molecule has 2 N–H and O–H groups in total. The van der Waals surface area contributed by atoms with Crippen molar-refractivity contribution in [3.05, 3.63) is 36.5 Å². The van der Waals surface area contributed by atoms with E-state index in [0.29, 0.717) is 0 Å². The van der Waals surface area contributed by atoms with Crippen molar-refractivity contribution < 1.29 is 9.59 Å². The van der Waals surface area contributed by atoms with Gasteiger partial charge in [-0.2, -0.15) is 0 Å². The molecule has 5 heteroatoms. The zero-order valence-corrected chi connectivity index (χ0v) is 9.43. The molecule has 1 aromatic heterocycles. The van der Waals surface area contributed by atoms with Gasteiger partial charge in [0.15, 0.2) is 0 Å². The number of fused-ring (bicyclic) bond motifs is 1. The molecule has 5 nitrogen and oxygen atoms in total. The molecule has 2 amide bonds. The largest absolute Gasteiger partial charge is 0.338 e. The summed E-state index contributed by atoms with van der Waals surface area (Å²) in [5.41, 5.74) is 5.57. The minimum atomic E-state index is -0.296. The van der Waals surface area contributed by atoms with Crippen LogP contribution in [-0.4, -0.2) is 16.4 Å². The molecule has 0 bridgehead atoms. The predicted molar refractivity (Wildman–Crippen MR) is 63.9 cm³/mol. The third kappa shape index (κ3) is 2.63. The van der Waals surface area contributed by atoms with E-state index in [1.807, 2.05) is 41.1 Å². The summed E-state index contributed by atoms with van der Waals surface area (Å²) in [7, 11) is 0. The van der Waals surface area contributed by atoms with Gasteiger partial charge in [-0.25, -0.2) is 0 Å². The Hall–Kier alpha value is -2.30. The molecule has 0 aliphatic carbocycles. The Morgan fingerprint density at radius 2 is 1.94 bits per heavy atom. The second kappa shape index (κ2) is 4.69. The zero-order valence-electron chi connectivity index (χ0n) is 9.43. The number of carbonyl (C=O) groups is 2. The van der Waals surface area contributed by atoms with Gasteiger partial charge in [0, 0.05) is 18.6 Å². The van der Waals surface area contributed by atoms with Gasteiger partial charge < -0.3 is 4.57 Å². The van der Waals surface area contributed by atoms with Crippen molar-refractivity contribution in [1.29, 1.82) is 0 Å². The molecule has 0 radical (unpaired) electrons.